The molecule has 0 aliphatic heterocycles. The van der Waals surface area contributed by atoms with Crippen molar-refractivity contribution in [3.63, 3.8) is 0 Å². The number of carboxylic acids is 1. The Hall–Kier alpha value is -1.62. The van der Waals surface area contributed by atoms with Crippen LogP contribution in [0.5, 0.6) is 0 Å². The number of esters is 1. The molecule has 0 bridgehead atoms. The average molecular weight is 172 g/mol. The van der Waals surface area contributed by atoms with Crippen molar-refractivity contribution in [1.29, 1.82) is 0 Å². The second-order valence-corrected chi connectivity index (χ2v) is 1.73. The summed E-state index contributed by atoms with van der Waals surface area (Å²) in [6, 6.07) is 0. The molecule has 0 saturated carbocycles. The van der Waals surface area contributed by atoms with Crippen LogP contribution in [0, 0.1) is 0 Å². The predicted molar refractivity (Wildman–Crippen MR) is 39.1 cm³/mol. The minimum atomic E-state index is -1.41. The Morgan fingerprint density at radius 3 is 2.42 bits per heavy atom. The van der Waals surface area contributed by atoms with Gasteiger partial charge in [0.05, 0.1) is 0 Å². The summed E-state index contributed by atoms with van der Waals surface area (Å²) in [6.45, 7) is 3.14. The molecule has 0 aromatic carbocycles. The normalized spacial score (nSPS) is 12.4. The summed E-state index contributed by atoms with van der Waals surface area (Å²) in [6.07, 6.45) is 0.885. The van der Waals surface area contributed by atoms with Gasteiger partial charge in [-0.25, -0.2) is 9.59 Å². The largest absolute Gasteiger partial charge is 0.478 e. The van der Waals surface area contributed by atoms with Crippen LogP contribution in [0.15, 0.2) is 24.8 Å². The maximum atomic E-state index is 10.5. The first kappa shape index (κ1) is 10.4. The number of carboxylic acid groups (broad SMARTS) is 1. The number of hydrogen-bond donors (Lipinski definition) is 2. The molecule has 5 nitrogen and oxygen atoms in total. The fourth-order valence-corrected chi connectivity index (χ4v) is 0.346. The van der Waals surface area contributed by atoms with Crippen LogP contribution < -0.4 is 0 Å². The van der Waals surface area contributed by atoms with Crippen LogP contribution in [-0.2, 0) is 14.3 Å². The quantitative estimate of drug-likeness (QED) is 0.262. The average Bonchev–Trinajstić information content (AvgIpc) is 2.00. The number of aliphatic hydroxyl groups excluding tert-OH is 1. The van der Waals surface area contributed by atoms with E-state index in [4.69, 9.17) is 10.2 Å². The molecule has 0 spiro atoms. The molecule has 0 rings (SSSR count). The summed E-state index contributed by atoms with van der Waals surface area (Å²) in [5, 5.41) is 16.7. The highest BCUT2D eigenvalue weighted by Crippen LogP contribution is 1.89. The lowest BCUT2D eigenvalue weighted by Crippen LogP contribution is -2.12. The SMILES string of the molecule is C=CC(O)OC(=O)/C=C/C(=O)O. The van der Waals surface area contributed by atoms with Gasteiger partial charge in [-0.15, -0.1) is 0 Å². The summed E-state index contributed by atoms with van der Waals surface area (Å²) in [5.74, 6) is -2.20. The fraction of sp³-hybridized carbons (Fsp3) is 0.143. The molecule has 1 unspecified atom stereocenters. The van der Waals surface area contributed by atoms with Crippen LogP contribution in [0.4, 0.5) is 0 Å². The van der Waals surface area contributed by atoms with Gasteiger partial charge in [-0.3, -0.25) is 0 Å². The molecule has 0 heterocycles. The van der Waals surface area contributed by atoms with E-state index in [0.29, 0.717) is 12.2 Å². The zero-order valence-corrected chi connectivity index (χ0v) is 6.14. The van der Waals surface area contributed by atoms with Crippen LogP contribution in [0.1, 0.15) is 0 Å². The van der Waals surface area contributed by atoms with Crippen molar-refractivity contribution in [3.05, 3.63) is 24.8 Å². The number of rotatable bonds is 4. The van der Waals surface area contributed by atoms with Crippen molar-refractivity contribution < 1.29 is 24.5 Å². The number of hydrogen-bond acceptors (Lipinski definition) is 4. The van der Waals surface area contributed by atoms with Crippen LogP contribution in [0.25, 0.3) is 0 Å². The summed E-state index contributed by atoms with van der Waals surface area (Å²) in [7, 11) is 0. The molecule has 0 radical (unpaired) electrons. The van der Waals surface area contributed by atoms with Crippen LogP contribution in [0.2, 0.25) is 0 Å². The number of aliphatic carboxylic acids is 1. The van der Waals surface area contributed by atoms with Crippen LogP contribution in [-0.4, -0.2) is 28.4 Å². The third kappa shape index (κ3) is 5.19. The van der Waals surface area contributed by atoms with E-state index < -0.39 is 18.2 Å². The Bertz CT molecular complexity index is 218. The third-order valence-electron chi connectivity index (χ3n) is 0.801. The highest BCUT2D eigenvalue weighted by molar-refractivity contribution is 5.90. The van der Waals surface area contributed by atoms with E-state index in [-0.39, 0.29) is 0 Å². The molecule has 0 amide bonds. The van der Waals surface area contributed by atoms with Crippen molar-refractivity contribution in [2.75, 3.05) is 0 Å². The van der Waals surface area contributed by atoms with Gasteiger partial charge in [0.25, 0.3) is 0 Å². The van der Waals surface area contributed by atoms with Crippen LogP contribution in [0.3, 0.4) is 0 Å². The summed E-state index contributed by atoms with van der Waals surface area (Å²) >= 11 is 0. The molecule has 1 atom stereocenters. The molecular weight excluding hydrogens is 164 g/mol. The number of aliphatic hydroxyl groups is 1. The van der Waals surface area contributed by atoms with Crippen molar-refractivity contribution in [1.82, 2.24) is 0 Å². The Morgan fingerprint density at radius 1 is 1.42 bits per heavy atom. The van der Waals surface area contributed by atoms with Crippen molar-refractivity contribution in [2.24, 2.45) is 0 Å². The lowest BCUT2D eigenvalue weighted by Gasteiger charge is -2.03. The molecule has 2 N–H and O–H groups in total. The van der Waals surface area contributed by atoms with E-state index in [1.165, 1.54) is 0 Å². The van der Waals surface area contributed by atoms with Gasteiger partial charge < -0.3 is 14.9 Å². The topological polar surface area (TPSA) is 83.8 Å². The van der Waals surface area contributed by atoms with Crippen molar-refractivity contribution in [2.45, 2.75) is 6.29 Å². The highest BCUT2D eigenvalue weighted by atomic mass is 16.6. The Morgan fingerprint density at radius 2 is 2.00 bits per heavy atom. The van der Waals surface area contributed by atoms with Gasteiger partial charge in [0, 0.05) is 12.2 Å². The van der Waals surface area contributed by atoms with E-state index in [9.17, 15) is 9.59 Å². The number of carbonyl (C=O) groups is 2. The predicted octanol–water partition coefficient (Wildman–Crippen LogP) is -0.325. The summed E-state index contributed by atoms with van der Waals surface area (Å²) in [5.41, 5.74) is 0. The first-order valence-corrected chi connectivity index (χ1v) is 2.98. The van der Waals surface area contributed by atoms with Gasteiger partial charge in [0.1, 0.15) is 0 Å². The summed E-state index contributed by atoms with van der Waals surface area (Å²) < 4.78 is 4.20. The molecule has 12 heavy (non-hydrogen) atoms. The maximum absolute atomic E-state index is 10.5. The second-order valence-electron chi connectivity index (χ2n) is 1.73. The van der Waals surface area contributed by atoms with Crippen molar-refractivity contribution >= 4 is 11.9 Å². The molecule has 0 aromatic rings. The van der Waals surface area contributed by atoms with E-state index >= 15 is 0 Å². The summed E-state index contributed by atoms with van der Waals surface area (Å²) in [4.78, 5) is 20.4. The molecule has 5 heteroatoms. The molecule has 0 fully saturated rings. The van der Waals surface area contributed by atoms with Gasteiger partial charge in [-0.2, -0.15) is 0 Å². The lowest BCUT2D eigenvalue weighted by atomic mass is 10.5. The van der Waals surface area contributed by atoms with E-state index in [2.05, 4.69) is 11.3 Å². The van der Waals surface area contributed by atoms with E-state index in [1.54, 1.807) is 0 Å². The van der Waals surface area contributed by atoms with E-state index in [1.807, 2.05) is 0 Å². The standard InChI is InChI=1S/C7H8O5/c1-2-6(10)12-7(11)4-3-5(8)9/h2-4,6,10H,1H2,(H,8,9)/b4-3+. The molecule has 66 valence electrons. The zero-order valence-electron chi connectivity index (χ0n) is 6.14. The Balaban J connectivity index is 3.89. The number of carbonyl (C=O) groups excluding carboxylic acids is 1. The second kappa shape index (κ2) is 5.09. The lowest BCUT2D eigenvalue weighted by molar-refractivity contribution is -0.154. The smallest absolute Gasteiger partial charge is 0.333 e. The van der Waals surface area contributed by atoms with Gasteiger partial charge in [-0.05, 0) is 6.08 Å². The van der Waals surface area contributed by atoms with Crippen LogP contribution >= 0.6 is 0 Å². The zero-order chi connectivity index (χ0) is 9.56. The van der Waals surface area contributed by atoms with E-state index in [0.717, 1.165) is 6.08 Å². The molecular formula is C7H8O5. The van der Waals surface area contributed by atoms with Gasteiger partial charge in [0.2, 0.25) is 6.29 Å². The molecule has 0 aliphatic carbocycles. The van der Waals surface area contributed by atoms with Gasteiger partial charge >= 0.3 is 11.9 Å². The highest BCUT2D eigenvalue weighted by Gasteiger charge is 2.03. The minimum Gasteiger partial charge on any atom is -0.478 e. The maximum Gasteiger partial charge on any atom is 0.333 e. The molecule has 0 saturated heterocycles. The van der Waals surface area contributed by atoms with Crippen molar-refractivity contribution in [3.8, 4) is 0 Å². The number of ether oxygens (including phenoxy) is 1. The fourth-order valence-electron chi connectivity index (χ4n) is 0.346. The molecule has 0 aromatic heterocycles. The Kier molecular flexibility index (Phi) is 4.40. The van der Waals surface area contributed by atoms with Gasteiger partial charge in [-0.1, -0.05) is 6.58 Å². The minimum absolute atomic E-state index is 0.609. The Labute approximate surface area is 68.6 Å². The first-order chi connectivity index (χ1) is 5.56. The van der Waals surface area contributed by atoms with Gasteiger partial charge in [0.15, 0.2) is 0 Å². The first-order valence-electron chi connectivity index (χ1n) is 2.98. The molecule has 0 aliphatic rings. The monoisotopic (exact) mass is 172 g/mol. The third-order valence-corrected chi connectivity index (χ3v) is 0.801.